The summed E-state index contributed by atoms with van der Waals surface area (Å²) < 4.78 is 0. The largest absolute Gasteiger partial charge is 0.545 e. The van der Waals surface area contributed by atoms with Crippen molar-refractivity contribution in [3.63, 3.8) is 0 Å². The van der Waals surface area contributed by atoms with Crippen molar-refractivity contribution in [1.29, 1.82) is 0 Å². The van der Waals surface area contributed by atoms with Crippen LogP contribution in [0.3, 0.4) is 0 Å². The molecule has 0 aliphatic rings. The van der Waals surface area contributed by atoms with Gasteiger partial charge in [0.2, 0.25) is 0 Å². The zero-order valence-electron chi connectivity index (χ0n) is 8.62. The van der Waals surface area contributed by atoms with Crippen LogP contribution in [-0.2, 0) is 6.42 Å². The highest BCUT2D eigenvalue weighted by Gasteiger charge is 2.03. The molecule has 0 amide bonds. The first kappa shape index (κ1) is 10.8. The van der Waals surface area contributed by atoms with Crippen molar-refractivity contribution in [1.82, 2.24) is 0 Å². The van der Waals surface area contributed by atoms with E-state index in [4.69, 9.17) is 0 Å². The molecule has 0 heterocycles. The first-order valence-electron chi connectivity index (χ1n) is 4.90. The minimum absolute atomic E-state index is 0.327. The molecule has 1 rings (SSSR count). The molecular formula is C12H15O2-. The van der Waals surface area contributed by atoms with E-state index >= 15 is 0 Å². The average molecular weight is 191 g/mol. The molecule has 0 bridgehead atoms. The summed E-state index contributed by atoms with van der Waals surface area (Å²) >= 11 is 0. The molecular weight excluding hydrogens is 176 g/mol. The number of carboxylic acid groups (broad SMARTS) is 1. The van der Waals surface area contributed by atoms with E-state index in [9.17, 15) is 9.90 Å². The van der Waals surface area contributed by atoms with Crippen LogP contribution in [0.5, 0.6) is 0 Å². The molecule has 0 saturated heterocycles. The van der Waals surface area contributed by atoms with Crippen molar-refractivity contribution in [2.75, 3.05) is 0 Å². The lowest BCUT2D eigenvalue weighted by molar-refractivity contribution is -0.255. The lowest BCUT2D eigenvalue weighted by Gasteiger charge is -2.11. The second kappa shape index (κ2) is 4.80. The minimum Gasteiger partial charge on any atom is -0.545 e. The monoisotopic (exact) mass is 191 g/mol. The van der Waals surface area contributed by atoms with Crippen LogP contribution in [0.1, 0.15) is 36.2 Å². The lowest BCUT2D eigenvalue weighted by Crippen LogP contribution is -2.23. The zero-order chi connectivity index (χ0) is 10.6. The SMILES string of the molecule is CC(C)CCc1ccccc1C(=O)[O-]. The molecule has 1 aromatic carbocycles. The third-order valence-electron chi connectivity index (χ3n) is 2.23. The van der Waals surface area contributed by atoms with Crippen molar-refractivity contribution in [3.05, 3.63) is 35.4 Å². The fourth-order valence-corrected chi connectivity index (χ4v) is 1.38. The van der Waals surface area contributed by atoms with Crippen molar-refractivity contribution >= 4 is 5.97 Å². The third kappa shape index (κ3) is 2.87. The van der Waals surface area contributed by atoms with E-state index in [2.05, 4.69) is 13.8 Å². The minimum atomic E-state index is -1.08. The van der Waals surface area contributed by atoms with E-state index in [1.165, 1.54) is 0 Å². The number of carbonyl (C=O) groups excluding carboxylic acids is 1. The van der Waals surface area contributed by atoms with Crippen LogP contribution in [0, 0.1) is 5.92 Å². The molecule has 2 nitrogen and oxygen atoms in total. The third-order valence-corrected chi connectivity index (χ3v) is 2.23. The second-order valence-corrected chi connectivity index (χ2v) is 3.88. The summed E-state index contributed by atoms with van der Waals surface area (Å²) in [5, 5.41) is 10.8. The van der Waals surface area contributed by atoms with Crippen LogP contribution in [-0.4, -0.2) is 5.97 Å². The fraction of sp³-hybridized carbons (Fsp3) is 0.417. The van der Waals surface area contributed by atoms with Gasteiger partial charge in [-0.15, -0.1) is 0 Å². The number of aryl methyl sites for hydroxylation is 1. The van der Waals surface area contributed by atoms with Gasteiger partial charge in [0.25, 0.3) is 0 Å². The van der Waals surface area contributed by atoms with Crippen LogP contribution < -0.4 is 5.11 Å². The summed E-state index contributed by atoms with van der Waals surface area (Å²) in [5.74, 6) is -0.492. The molecule has 1 aromatic rings. The number of hydrogen-bond donors (Lipinski definition) is 0. The van der Waals surface area contributed by atoms with Crippen LogP contribution in [0.2, 0.25) is 0 Å². The maximum Gasteiger partial charge on any atom is 0.0718 e. The Bertz CT molecular complexity index is 316. The normalized spacial score (nSPS) is 10.5. The molecule has 0 saturated carbocycles. The highest BCUT2D eigenvalue weighted by molar-refractivity contribution is 5.87. The van der Waals surface area contributed by atoms with Crippen LogP contribution >= 0.6 is 0 Å². The van der Waals surface area contributed by atoms with Gasteiger partial charge in [0.15, 0.2) is 0 Å². The number of aromatic carboxylic acids is 1. The van der Waals surface area contributed by atoms with Crippen molar-refractivity contribution in [3.8, 4) is 0 Å². The Labute approximate surface area is 84.6 Å². The predicted molar refractivity (Wildman–Crippen MR) is 53.9 cm³/mol. The molecule has 0 unspecified atom stereocenters. The summed E-state index contributed by atoms with van der Waals surface area (Å²) in [6, 6.07) is 7.05. The summed E-state index contributed by atoms with van der Waals surface area (Å²) in [6.07, 6.45) is 1.81. The van der Waals surface area contributed by atoms with Crippen molar-refractivity contribution in [2.24, 2.45) is 5.92 Å². The number of rotatable bonds is 4. The number of benzene rings is 1. The molecule has 0 aromatic heterocycles. The van der Waals surface area contributed by atoms with E-state index < -0.39 is 5.97 Å². The Kier molecular flexibility index (Phi) is 3.69. The van der Waals surface area contributed by atoms with Crippen molar-refractivity contribution < 1.29 is 9.90 Å². The average Bonchev–Trinajstić information content (AvgIpc) is 2.15. The molecule has 14 heavy (non-hydrogen) atoms. The Morgan fingerprint density at radius 1 is 1.36 bits per heavy atom. The smallest absolute Gasteiger partial charge is 0.0718 e. The van der Waals surface area contributed by atoms with Gasteiger partial charge in [0, 0.05) is 5.56 Å². The maximum absolute atomic E-state index is 10.8. The molecule has 0 radical (unpaired) electrons. The second-order valence-electron chi connectivity index (χ2n) is 3.88. The van der Waals surface area contributed by atoms with E-state index in [0.29, 0.717) is 11.5 Å². The van der Waals surface area contributed by atoms with Crippen LogP contribution in [0.15, 0.2) is 24.3 Å². The highest BCUT2D eigenvalue weighted by Crippen LogP contribution is 2.13. The van der Waals surface area contributed by atoms with E-state index in [1.54, 1.807) is 12.1 Å². The Morgan fingerprint density at radius 3 is 2.57 bits per heavy atom. The maximum atomic E-state index is 10.8. The summed E-state index contributed by atoms with van der Waals surface area (Å²) in [5.41, 5.74) is 1.20. The topological polar surface area (TPSA) is 40.1 Å². The number of hydrogen-bond acceptors (Lipinski definition) is 2. The van der Waals surface area contributed by atoms with Gasteiger partial charge in [-0.3, -0.25) is 0 Å². The van der Waals surface area contributed by atoms with Gasteiger partial charge in [-0.2, -0.15) is 0 Å². The summed E-state index contributed by atoms with van der Waals surface area (Å²) in [6.45, 7) is 4.25. The molecule has 0 spiro atoms. The first-order valence-corrected chi connectivity index (χ1v) is 4.90. The first-order chi connectivity index (χ1) is 6.61. The molecule has 2 heteroatoms. The Balaban J connectivity index is 2.79. The molecule has 0 aliphatic heterocycles. The van der Waals surface area contributed by atoms with Gasteiger partial charge in [-0.1, -0.05) is 38.1 Å². The van der Waals surface area contributed by atoms with Crippen molar-refractivity contribution in [2.45, 2.75) is 26.7 Å². The standard InChI is InChI=1S/C12H16O2/c1-9(2)7-8-10-5-3-4-6-11(10)12(13)14/h3-6,9H,7-8H2,1-2H3,(H,13,14)/p-1. The number of carboxylic acids is 1. The fourth-order valence-electron chi connectivity index (χ4n) is 1.38. The molecule has 76 valence electrons. The van der Waals surface area contributed by atoms with Crippen LogP contribution in [0.4, 0.5) is 0 Å². The van der Waals surface area contributed by atoms with Gasteiger partial charge < -0.3 is 9.90 Å². The van der Waals surface area contributed by atoms with E-state index in [0.717, 1.165) is 18.4 Å². The van der Waals surface area contributed by atoms with E-state index in [1.807, 2.05) is 12.1 Å². The quantitative estimate of drug-likeness (QED) is 0.725. The highest BCUT2D eigenvalue weighted by atomic mass is 16.4. The lowest BCUT2D eigenvalue weighted by atomic mass is 9.99. The van der Waals surface area contributed by atoms with Gasteiger partial charge in [0.05, 0.1) is 5.97 Å². The van der Waals surface area contributed by atoms with Crippen LogP contribution in [0.25, 0.3) is 0 Å². The van der Waals surface area contributed by atoms with Gasteiger partial charge in [0.1, 0.15) is 0 Å². The summed E-state index contributed by atoms with van der Waals surface area (Å²) in [4.78, 5) is 10.8. The predicted octanol–water partition coefficient (Wildman–Crippen LogP) is 1.64. The number of carbonyl (C=O) groups is 1. The molecule has 0 fully saturated rings. The Morgan fingerprint density at radius 2 is 2.00 bits per heavy atom. The van der Waals surface area contributed by atoms with Gasteiger partial charge >= 0.3 is 0 Å². The molecule has 0 atom stereocenters. The molecule has 0 N–H and O–H groups in total. The van der Waals surface area contributed by atoms with Gasteiger partial charge in [-0.05, 0) is 24.3 Å². The summed E-state index contributed by atoms with van der Waals surface area (Å²) in [7, 11) is 0. The Hall–Kier alpha value is -1.31. The zero-order valence-corrected chi connectivity index (χ0v) is 8.62. The molecule has 0 aliphatic carbocycles. The van der Waals surface area contributed by atoms with E-state index in [-0.39, 0.29) is 0 Å². The van der Waals surface area contributed by atoms with Gasteiger partial charge in [-0.25, -0.2) is 0 Å².